The number of carboxylic acid groups (broad SMARTS) is 1. The number of aliphatic carboxylic acids is 1. The fourth-order valence-corrected chi connectivity index (χ4v) is 2.77. The zero-order valence-corrected chi connectivity index (χ0v) is 18.4. The van der Waals surface area contributed by atoms with Crippen LogP contribution < -0.4 is 0 Å². The van der Waals surface area contributed by atoms with Gasteiger partial charge in [-0.25, -0.2) is 9.59 Å². The van der Waals surface area contributed by atoms with Crippen molar-refractivity contribution < 1.29 is 52.8 Å². The topological polar surface area (TPSA) is 152 Å². The summed E-state index contributed by atoms with van der Waals surface area (Å²) in [4.78, 5) is 59.0. The third kappa shape index (κ3) is 9.46. The second kappa shape index (κ2) is 14.2. The SMILES string of the molecule is CCCC(=O)O[C@H]1[C@H](OC(=O)/C=C/C(=O)O)OC[C@@H](OC(=O)CCC)[C@H]1OC(=O)CCC. The number of hydrogen-bond acceptors (Lipinski definition) is 10. The molecule has 1 fully saturated rings. The number of esters is 4. The van der Waals surface area contributed by atoms with Crippen molar-refractivity contribution in [1.29, 1.82) is 0 Å². The maximum atomic E-state index is 12.2. The smallest absolute Gasteiger partial charge is 0.333 e. The van der Waals surface area contributed by atoms with E-state index in [1.54, 1.807) is 20.8 Å². The van der Waals surface area contributed by atoms with E-state index >= 15 is 0 Å². The normalized spacial score (nSPS) is 22.7. The van der Waals surface area contributed by atoms with Crippen molar-refractivity contribution in [3.8, 4) is 0 Å². The molecule has 180 valence electrons. The van der Waals surface area contributed by atoms with Crippen LogP contribution in [-0.4, -0.2) is 66.2 Å². The number of carbonyl (C=O) groups is 5. The molecule has 0 radical (unpaired) electrons. The Balaban J connectivity index is 3.17. The van der Waals surface area contributed by atoms with Crippen LogP contribution in [0.15, 0.2) is 12.2 Å². The Morgan fingerprint density at radius 1 is 0.781 bits per heavy atom. The lowest BCUT2D eigenvalue weighted by Crippen LogP contribution is -2.58. The Kier molecular flexibility index (Phi) is 12.0. The van der Waals surface area contributed by atoms with Crippen LogP contribution in [0.5, 0.6) is 0 Å². The summed E-state index contributed by atoms with van der Waals surface area (Å²) in [6.07, 6.45) is -2.41. The van der Waals surface area contributed by atoms with Crippen molar-refractivity contribution >= 4 is 29.8 Å². The predicted molar refractivity (Wildman–Crippen MR) is 107 cm³/mol. The van der Waals surface area contributed by atoms with Crippen molar-refractivity contribution in [2.24, 2.45) is 0 Å². The Labute approximate surface area is 186 Å². The maximum absolute atomic E-state index is 12.2. The van der Waals surface area contributed by atoms with E-state index < -0.39 is 54.4 Å². The molecule has 11 nitrogen and oxygen atoms in total. The van der Waals surface area contributed by atoms with Gasteiger partial charge in [-0.3, -0.25) is 14.4 Å². The minimum absolute atomic E-state index is 0.0337. The molecule has 0 unspecified atom stereocenters. The van der Waals surface area contributed by atoms with Crippen LogP contribution >= 0.6 is 0 Å². The summed E-state index contributed by atoms with van der Waals surface area (Å²) in [6.45, 7) is 5.00. The first-order chi connectivity index (χ1) is 15.2. The van der Waals surface area contributed by atoms with Gasteiger partial charge in [-0.05, 0) is 19.3 Å². The molecule has 1 saturated heterocycles. The second-order valence-electron chi connectivity index (χ2n) is 7.00. The third-order valence-corrected chi connectivity index (χ3v) is 4.16. The Morgan fingerprint density at radius 3 is 1.78 bits per heavy atom. The highest BCUT2D eigenvalue weighted by Crippen LogP contribution is 2.26. The first kappa shape index (κ1) is 27.1. The molecule has 4 atom stereocenters. The summed E-state index contributed by atoms with van der Waals surface area (Å²) < 4.78 is 26.7. The summed E-state index contributed by atoms with van der Waals surface area (Å²) in [7, 11) is 0. The molecule has 1 aliphatic heterocycles. The highest BCUT2D eigenvalue weighted by atomic mass is 16.7. The highest BCUT2D eigenvalue weighted by molar-refractivity contribution is 5.90. The Hall–Kier alpha value is -2.95. The molecule has 32 heavy (non-hydrogen) atoms. The molecule has 0 aromatic heterocycles. The van der Waals surface area contributed by atoms with Crippen molar-refractivity contribution in [2.45, 2.75) is 83.9 Å². The summed E-state index contributed by atoms with van der Waals surface area (Å²) in [5.41, 5.74) is 0. The van der Waals surface area contributed by atoms with Crippen LogP contribution in [0.4, 0.5) is 0 Å². The number of rotatable bonds is 12. The standard InChI is InChI=1S/C21H30O11/c1-4-7-15(24)29-13-12-28-21(32-18(27)11-10-14(22)23)20(31-17(26)9-6-3)19(13)30-16(25)8-5-2/h10-11,13,19-21H,4-9,12H2,1-3H3,(H,22,23)/b11-10+/t13-,19-,20-,21+/m1/s1. The Bertz CT molecular complexity index is 700. The fourth-order valence-electron chi connectivity index (χ4n) is 2.77. The molecule has 0 aromatic carbocycles. The van der Waals surface area contributed by atoms with Crippen molar-refractivity contribution in [1.82, 2.24) is 0 Å². The van der Waals surface area contributed by atoms with Crippen LogP contribution in [0.1, 0.15) is 59.3 Å². The summed E-state index contributed by atoms with van der Waals surface area (Å²) >= 11 is 0. The van der Waals surface area contributed by atoms with Gasteiger partial charge >= 0.3 is 29.8 Å². The first-order valence-corrected chi connectivity index (χ1v) is 10.5. The van der Waals surface area contributed by atoms with Crippen molar-refractivity contribution in [3.05, 3.63) is 12.2 Å². The van der Waals surface area contributed by atoms with Gasteiger partial charge in [-0.1, -0.05) is 20.8 Å². The fraction of sp³-hybridized carbons (Fsp3) is 0.667. The molecule has 1 aliphatic rings. The van der Waals surface area contributed by atoms with Gasteiger partial charge in [0.1, 0.15) is 0 Å². The third-order valence-electron chi connectivity index (χ3n) is 4.16. The van der Waals surface area contributed by atoms with Crippen molar-refractivity contribution in [3.63, 3.8) is 0 Å². The maximum Gasteiger partial charge on any atom is 0.333 e. The van der Waals surface area contributed by atoms with E-state index in [0.29, 0.717) is 31.4 Å². The minimum atomic E-state index is -1.51. The van der Waals surface area contributed by atoms with Gasteiger partial charge in [-0.2, -0.15) is 0 Å². The Morgan fingerprint density at radius 2 is 1.28 bits per heavy atom. The van der Waals surface area contributed by atoms with Gasteiger partial charge in [-0.15, -0.1) is 0 Å². The molecule has 11 heteroatoms. The number of hydrogen-bond donors (Lipinski definition) is 1. The first-order valence-electron chi connectivity index (χ1n) is 10.5. The molecular weight excluding hydrogens is 428 g/mol. The summed E-state index contributed by atoms with van der Waals surface area (Å²) in [5.74, 6) is -4.29. The van der Waals surface area contributed by atoms with Gasteiger partial charge in [0, 0.05) is 31.4 Å². The highest BCUT2D eigenvalue weighted by Gasteiger charge is 2.49. The second-order valence-corrected chi connectivity index (χ2v) is 7.00. The number of carbonyl (C=O) groups excluding carboxylic acids is 4. The molecule has 0 bridgehead atoms. The lowest BCUT2D eigenvalue weighted by atomic mass is 10.0. The monoisotopic (exact) mass is 458 g/mol. The van der Waals surface area contributed by atoms with Crippen LogP contribution in [0, 0.1) is 0 Å². The van der Waals surface area contributed by atoms with E-state index in [9.17, 15) is 24.0 Å². The van der Waals surface area contributed by atoms with Gasteiger partial charge in [0.25, 0.3) is 0 Å². The predicted octanol–water partition coefficient (Wildman–Crippen LogP) is 1.66. The van der Waals surface area contributed by atoms with Crippen LogP contribution in [-0.2, 0) is 47.7 Å². The zero-order chi connectivity index (χ0) is 24.1. The van der Waals surface area contributed by atoms with Crippen LogP contribution in [0.2, 0.25) is 0 Å². The van der Waals surface area contributed by atoms with Gasteiger partial charge in [0.15, 0.2) is 12.2 Å². The van der Waals surface area contributed by atoms with E-state index in [1.807, 2.05) is 0 Å². The van der Waals surface area contributed by atoms with Gasteiger partial charge < -0.3 is 28.8 Å². The molecule has 0 amide bonds. The minimum Gasteiger partial charge on any atom is -0.478 e. The van der Waals surface area contributed by atoms with Crippen LogP contribution in [0.3, 0.4) is 0 Å². The van der Waals surface area contributed by atoms with Crippen molar-refractivity contribution in [2.75, 3.05) is 6.61 Å². The van der Waals surface area contributed by atoms with E-state index in [2.05, 4.69) is 0 Å². The molecule has 1 rings (SSSR count). The number of carboxylic acids is 1. The van der Waals surface area contributed by atoms with E-state index in [-0.39, 0.29) is 25.9 Å². The summed E-state index contributed by atoms with van der Waals surface area (Å²) in [5, 5.41) is 8.65. The van der Waals surface area contributed by atoms with Gasteiger partial charge in [0.2, 0.25) is 12.4 Å². The average Bonchev–Trinajstić information content (AvgIpc) is 2.71. The molecular formula is C21H30O11. The van der Waals surface area contributed by atoms with E-state index in [0.717, 1.165) is 0 Å². The lowest BCUT2D eigenvalue weighted by molar-refractivity contribution is -0.274. The quantitative estimate of drug-likeness (QED) is 0.258. The molecule has 0 aromatic rings. The molecule has 0 spiro atoms. The molecule has 0 aliphatic carbocycles. The zero-order valence-electron chi connectivity index (χ0n) is 18.4. The van der Waals surface area contributed by atoms with E-state index in [4.69, 9.17) is 28.8 Å². The molecule has 1 N–H and O–H groups in total. The molecule has 1 heterocycles. The van der Waals surface area contributed by atoms with Gasteiger partial charge in [0.05, 0.1) is 6.61 Å². The summed E-state index contributed by atoms with van der Waals surface area (Å²) in [6, 6.07) is 0. The molecule has 0 saturated carbocycles. The largest absolute Gasteiger partial charge is 0.478 e. The van der Waals surface area contributed by atoms with E-state index in [1.165, 1.54) is 0 Å². The average molecular weight is 458 g/mol. The lowest BCUT2D eigenvalue weighted by Gasteiger charge is -2.40. The number of ether oxygens (including phenoxy) is 5. The van der Waals surface area contributed by atoms with Crippen LogP contribution in [0.25, 0.3) is 0 Å².